The number of fused-ring (bicyclic) bond motifs is 1. The van der Waals surface area contributed by atoms with E-state index in [1.165, 1.54) is 24.1 Å². The van der Waals surface area contributed by atoms with Crippen molar-refractivity contribution >= 4 is 17.4 Å². The van der Waals surface area contributed by atoms with Gasteiger partial charge in [-0.05, 0) is 37.8 Å². The van der Waals surface area contributed by atoms with Crippen molar-refractivity contribution in [3.63, 3.8) is 0 Å². The zero-order chi connectivity index (χ0) is 12.5. The van der Waals surface area contributed by atoms with Crippen molar-refractivity contribution in [2.45, 2.75) is 38.4 Å². The maximum atomic E-state index is 5.92. The highest BCUT2D eigenvalue weighted by Crippen LogP contribution is 2.25. The molecule has 0 N–H and O–H groups in total. The SMILES string of the molecule is CC1CN(c2ccc3c(n2)CCC3)CC(CCl)O1. The topological polar surface area (TPSA) is 25.4 Å². The Morgan fingerprint density at radius 2 is 2.28 bits per heavy atom. The molecule has 0 radical (unpaired) electrons. The minimum atomic E-state index is 0.116. The van der Waals surface area contributed by atoms with E-state index in [0.29, 0.717) is 5.88 Å². The number of ether oxygens (including phenoxy) is 1. The number of hydrogen-bond donors (Lipinski definition) is 0. The Labute approximate surface area is 113 Å². The molecule has 0 saturated carbocycles. The van der Waals surface area contributed by atoms with Gasteiger partial charge in [0.1, 0.15) is 5.82 Å². The minimum Gasteiger partial charge on any atom is -0.370 e. The first kappa shape index (κ1) is 12.2. The predicted octanol–water partition coefficient (Wildman–Crippen LogP) is 2.40. The number of alkyl halides is 1. The van der Waals surface area contributed by atoms with Gasteiger partial charge in [0.25, 0.3) is 0 Å². The number of rotatable bonds is 2. The quantitative estimate of drug-likeness (QED) is 0.769. The standard InChI is InChI=1S/C14H19ClN2O/c1-10-8-17(9-12(7-15)18-10)14-6-5-11-3-2-4-13(11)16-14/h5-6,10,12H,2-4,7-9H2,1H3. The molecule has 2 aliphatic rings. The van der Waals surface area contributed by atoms with E-state index < -0.39 is 0 Å². The van der Waals surface area contributed by atoms with Gasteiger partial charge < -0.3 is 9.64 Å². The molecule has 3 rings (SSSR count). The maximum Gasteiger partial charge on any atom is 0.128 e. The van der Waals surface area contributed by atoms with E-state index in [4.69, 9.17) is 21.3 Å². The van der Waals surface area contributed by atoms with Crippen LogP contribution in [0.1, 0.15) is 24.6 Å². The number of aromatic nitrogens is 1. The van der Waals surface area contributed by atoms with Crippen LogP contribution in [0.15, 0.2) is 12.1 Å². The average Bonchev–Trinajstić information content (AvgIpc) is 2.85. The first-order valence-electron chi connectivity index (χ1n) is 6.71. The summed E-state index contributed by atoms with van der Waals surface area (Å²) in [6.07, 6.45) is 3.90. The largest absolute Gasteiger partial charge is 0.370 e. The molecule has 2 unspecified atom stereocenters. The molecule has 1 aromatic rings. The second kappa shape index (κ2) is 5.06. The van der Waals surface area contributed by atoms with Gasteiger partial charge in [-0.25, -0.2) is 4.98 Å². The van der Waals surface area contributed by atoms with E-state index in [1.807, 2.05) is 0 Å². The van der Waals surface area contributed by atoms with Crippen LogP contribution in [0.3, 0.4) is 0 Å². The monoisotopic (exact) mass is 266 g/mol. The number of aryl methyl sites for hydroxylation is 2. The molecule has 0 bridgehead atoms. The van der Waals surface area contributed by atoms with Crippen molar-refractivity contribution < 1.29 is 4.74 Å². The van der Waals surface area contributed by atoms with E-state index >= 15 is 0 Å². The number of morpholine rings is 1. The highest BCUT2D eigenvalue weighted by Gasteiger charge is 2.26. The summed E-state index contributed by atoms with van der Waals surface area (Å²) in [5.41, 5.74) is 2.71. The Bertz CT molecular complexity index is 438. The molecule has 0 amide bonds. The van der Waals surface area contributed by atoms with Gasteiger partial charge in [0.15, 0.2) is 0 Å². The minimum absolute atomic E-state index is 0.116. The fourth-order valence-corrected chi connectivity index (χ4v) is 3.07. The zero-order valence-corrected chi connectivity index (χ0v) is 11.5. The second-order valence-corrected chi connectivity index (χ2v) is 5.57. The van der Waals surface area contributed by atoms with Gasteiger partial charge in [-0.15, -0.1) is 11.6 Å². The molecule has 98 valence electrons. The molecule has 2 atom stereocenters. The number of nitrogens with zero attached hydrogens (tertiary/aromatic N) is 2. The smallest absolute Gasteiger partial charge is 0.128 e. The molecule has 1 aromatic heterocycles. The van der Waals surface area contributed by atoms with E-state index in [0.717, 1.165) is 25.3 Å². The van der Waals surface area contributed by atoms with Crippen molar-refractivity contribution in [3.8, 4) is 0 Å². The van der Waals surface area contributed by atoms with Crippen molar-refractivity contribution in [1.82, 2.24) is 4.98 Å². The molecule has 3 nitrogen and oxygen atoms in total. The van der Waals surface area contributed by atoms with Crippen molar-refractivity contribution in [3.05, 3.63) is 23.4 Å². The summed E-state index contributed by atoms with van der Waals surface area (Å²) in [4.78, 5) is 7.11. The van der Waals surface area contributed by atoms with Crippen LogP contribution >= 0.6 is 11.6 Å². The Balaban J connectivity index is 1.81. The van der Waals surface area contributed by atoms with Crippen LogP contribution in [-0.2, 0) is 17.6 Å². The second-order valence-electron chi connectivity index (χ2n) is 5.26. The third kappa shape index (κ3) is 2.34. The Morgan fingerprint density at radius 3 is 3.11 bits per heavy atom. The number of anilines is 1. The molecular weight excluding hydrogens is 248 g/mol. The first-order valence-corrected chi connectivity index (χ1v) is 7.25. The lowest BCUT2D eigenvalue weighted by Gasteiger charge is -2.37. The number of pyridine rings is 1. The predicted molar refractivity (Wildman–Crippen MR) is 73.5 cm³/mol. The van der Waals surface area contributed by atoms with Gasteiger partial charge >= 0.3 is 0 Å². The fraction of sp³-hybridized carbons (Fsp3) is 0.643. The lowest BCUT2D eigenvalue weighted by atomic mass is 10.2. The molecule has 18 heavy (non-hydrogen) atoms. The van der Waals surface area contributed by atoms with Gasteiger partial charge in [-0.1, -0.05) is 6.07 Å². The summed E-state index contributed by atoms with van der Waals surface area (Å²) >= 11 is 5.92. The van der Waals surface area contributed by atoms with E-state index in [-0.39, 0.29) is 12.2 Å². The molecule has 1 aliphatic carbocycles. The highest BCUT2D eigenvalue weighted by molar-refractivity contribution is 6.18. The summed E-state index contributed by atoms with van der Waals surface area (Å²) in [7, 11) is 0. The van der Waals surface area contributed by atoms with Crippen LogP contribution in [0.2, 0.25) is 0 Å². The Kier molecular flexibility index (Phi) is 3.44. The van der Waals surface area contributed by atoms with Crippen LogP contribution in [0, 0.1) is 0 Å². The van der Waals surface area contributed by atoms with Crippen LogP contribution < -0.4 is 4.90 Å². The van der Waals surface area contributed by atoms with Crippen LogP contribution in [0.5, 0.6) is 0 Å². The molecule has 1 saturated heterocycles. The number of halogens is 1. The summed E-state index contributed by atoms with van der Waals surface area (Å²) in [5, 5.41) is 0. The average molecular weight is 267 g/mol. The molecule has 1 fully saturated rings. The molecular formula is C14H19ClN2O. The molecule has 0 aromatic carbocycles. The normalized spacial score (nSPS) is 27.3. The van der Waals surface area contributed by atoms with Gasteiger partial charge in [0.05, 0.1) is 18.1 Å². The van der Waals surface area contributed by atoms with Crippen LogP contribution in [0.25, 0.3) is 0 Å². The summed E-state index contributed by atoms with van der Waals surface area (Å²) in [6.45, 7) is 3.85. The van der Waals surface area contributed by atoms with Gasteiger partial charge in [0, 0.05) is 18.8 Å². The number of hydrogen-bond acceptors (Lipinski definition) is 3. The Hall–Kier alpha value is -0.800. The molecule has 1 aliphatic heterocycles. The third-order valence-electron chi connectivity index (χ3n) is 3.74. The van der Waals surface area contributed by atoms with Crippen molar-refractivity contribution in [2.24, 2.45) is 0 Å². The lowest BCUT2D eigenvalue weighted by Crippen LogP contribution is -2.47. The summed E-state index contributed by atoms with van der Waals surface area (Å²) in [5.74, 6) is 1.63. The van der Waals surface area contributed by atoms with E-state index in [2.05, 4.69) is 24.0 Å². The molecule has 0 spiro atoms. The fourth-order valence-electron chi connectivity index (χ4n) is 2.90. The molecule has 2 heterocycles. The highest BCUT2D eigenvalue weighted by atomic mass is 35.5. The van der Waals surface area contributed by atoms with E-state index in [1.54, 1.807) is 0 Å². The van der Waals surface area contributed by atoms with Gasteiger partial charge in [0.2, 0.25) is 0 Å². The van der Waals surface area contributed by atoms with Gasteiger partial charge in [-0.2, -0.15) is 0 Å². The van der Waals surface area contributed by atoms with Crippen LogP contribution in [-0.4, -0.2) is 36.2 Å². The third-order valence-corrected chi connectivity index (χ3v) is 4.08. The summed E-state index contributed by atoms with van der Waals surface area (Å²) < 4.78 is 5.78. The molecule has 4 heteroatoms. The van der Waals surface area contributed by atoms with E-state index in [9.17, 15) is 0 Å². The zero-order valence-electron chi connectivity index (χ0n) is 10.7. The summed E-state index contributed by atoms with van der Waals surface area (Å²) in [6, 6.07) is 4.38. The Morgan fingerprint density at radius 1 is 1.39 bits per heavy atom. The van der Waals surface area contributed by atoms with Crippen LogP contribution in [0.4, 0.5) is 5.82 Å². The lowest BCUT2D eigenvalue weighted by molar-refractivity contribution is -0.00357. The maximum absolute atomic E-state index is 5.92. The first-order chi connectivity index (χ1) is 8.76. The van der Waals surface area contributed by atoms with Crippen molar-refractivity contribution in [2.75, 3.05) is 23.9 Å². The van der Waals surface area contributed by atoms with Gasteiger partial charge in [-0.3, -0.25) is 0 Å². The van der Waals surface area contributed by atoms with Crippen molar-refractivity contribution in [1.29, 1.82) is 0 Å².